The van der Waals surface area contributed by atoms with Gasteiger partial charge in [-0.3, -0.25) is 4.31 Å². The molecule has 0 saturated heterocycles. The number of rotatable bonds is 2. The zero-order valence-corrected chi connectivity index (χ0v) is 14.4. The maximum atomic E-state index is 11.7. The van der Waals surface area contributed by atoms with Gasteiger partial charge in [-0.05, 0) is 40.2 Å². The predicted octanol–water partition coefficient (Wildman–Crippen LogP) is 2.63. The molecule has 0 spiro atoms. The van der Waals surface area contributed by atoms with Gasteiger partial charge in [0, 0.05) is 18.2 Å². The summed E-state index contributed by atoms with van der Waals surface area (Å²) in [4.78, 5) is 0. The Bertz CT molecular complexity index is 721. The van der Waals surface area contributed by atoms with Crippen LogP contribution in [0, 0.1) is 11.8 Å². The molecule has 20 heavy (non-hydrogen) atoms. The summed E-state index contributed by atoms with van der Waals surface area (Å²) in [6.45, 7) is 0.703. The molecule has 106 valence electrons. The van der Waals surface area contributed by atoms with Gasteiger partial charge < -0.3 is 9.63 Å². The lowest BCUT2D eigenvalue weighted by atomic mass is 10.1. The number of anilines is 1. The molecule has 1 atom stereocenters. The van der Waals surface area contributed by atoms with Crippen LogP contribution >= 0.6 is 28.5 Å². The van der Waals surface area contributed by atoms with E-state index in [9.17, 15) is 13.5 Å². The number of fused-ring (bicyclic) bond motifs is 1. The first kappa shape index (κ1) is 15.6. The number of nitrogens with zero attached hydrogens (tertiary/aromatic N) is 1. The minimum Gasteiger partial charge on any atom is -0.506 e. The van der Waals surface area contributed by atoms with E-state index in [1.807, 2.05) is 0 Å². The Labute approximate surface area is 132 Å². The molecule has 1 unspecified atom stereocenters. The van der Waals surface area contributed by atoms with Crippen LogP contribution in [0.4, 0.5) is 5.69 Å². The highest BCUT2D eigenvalue weighted by atomic mass is 127. The molecule has 1 aliphatic rings. The Balaban J connectivity index is 2.37. The molecule has 1 heterocycles. The molecule has 0 amide bonds. The second kappa shape index (κ2) is 6.31. The Morgan fingerprint density at radius 1 is 1.50 bits per heavy atom. The van der Waals surface area contributed by atoms with Crippen molar-refractivity contribution in [2.24, 2.45) is 0 Å². The third-order valence-electron chi connectivity index (χ3n) is 2.69. The molecule has 5 nitrogen and oxygen atoms in total. The molecule has 8 heteroatoms. The molecule has 0 aromatic heterocycles. The van der Waals surface area contributed by atoms with Crippen LogP contribution in [0.3, 0.4) is 0 Å². The van der Waals surface area contributed by atoms with Gasteiger partial charge in [0.05, 0.1) is 17.5 Å². The molecule has 0 fully saturated rings. The monoisotopic (exact) mass is 423 g/mol. The van der Waals surface area contributed by atoms with Gasteiger partial charge in [-0.15, -0.1) is 0 Å². The van der Waals surface area contributed by atoms with Gasteiger partial charge in [-0.25, -0.2) is 8.42 Å². The lowest BCUT2D eigenvalue weighted by Crippen LogP contribution is -2.28. The summed E-state index contributed by atoms with van der Waals surface area (Å²) in [6.07, 6.45) is 0. The van der Waals surface area contributed by atoms with E-state index >= 15 is 0 Å². The Kier molecular flexibility index (Phi) is 4.91. The normalized spacial score (nSPS) is 16.5. The molecular formula is C12H11INO4PS. The Morgan fingerprint density at radius 2 is 2.25 bits per heavy atom. The van der Waals surface area contributed by atoms with E-state index in [2.05, 4.69) is 33.9 Å². The number of hydrogen-bond donors (Lipinski definition) is 1. The van der Waals surface area contributed by atoms with Crippen molar-refractivity contribution in [1.82, 2.24) is 0 Å². The first-order valence-corrected chi connectivity index (χ1v) is 11.0. The quantitative estimate of drug-likeness (QED) is 0.344. The van der Waals surface area contributed by atoms with Crippen LogP contribution in [0.15, 0.2) is 23.6 Å². The lowest BCUT2D eigenvalue weighted by Gasteiger charge is -2.24. The molecule has 0 aliphatic carbocycles. The first-order chi connectivity index (χ1) is 9.45. The van der Waals surface area contributed by atoms with Gasteiger partial charge in [0.1, 0.15) is 12.4 Å². The van der Waals surface area contributed by atoms with Crippen molar-refractivity contribution >= 4 is 50.0 Å². The zero-order chi connectivity index (χ0) is 14.8. The number of sulfonamides is 1. The zero-order valence-electron chi connectivity index (χ0n) is 10.4. The Morgan fingerprint density at radius 3 is 2.95 bits per heavy atom. The maximum Gasteiger partial charge on any atom is 0.260 e. The molecule has 0 saturated carbocycles. The van der Waals surface area contributed by atoms with E-state index < -0.39 is 10.0 Å². The topological polar surface area (TPSA) is 66.8 Å². The van der Waals surface area contributed by atoms with E-state index in [4.69, 9.17) is 4.52 Å². The highest BCUT2D eigenvalue weighted by Gasteiger charge is 2.26. The van der Waals surface area contributed by atoms with Crippen LogP contribution in [0.5, 0.6) is 0 Å². The average Bonchev–Trinajstić information content (AvgIpc) is 2.41. The third-order valence-corrected chi connectivity index (χ3v) is 5.35. The Hall–Kier alpha value is -0.810. The fourth-order valence-corrected chi connectivity index (χ4v) is 3.31. The number of halogens is 1. The average molecular weight is 423 g/mol. The van der Waals surface area contributed by atoms with Crippen LogP contribution in [0.2, 0.25) is 0 Å². The van der Waals surface area contributed by atoms with Gasteiger partial charge in [-0.2, -0.15) is 0 Å². The summed E-state index contributed by atoms with van der Waals surface area (Å²) in [7, 11) is -2.15. The summed E-state index contributed by atoms with van der Waals surface area (Å²) < 4.78 is 29.7. The van der Waals surface area contributed by atoms with Crippen molar-refractivity contribution in [3.8, 4) is 11.8 Å². The van der Waals surface area contributed by atoms with Gasteiger partial charge in [0.15, 0.2) is 0 Å². The minimum absolute atomic E-state index is 0.272. The van der Waals surface area contributed by atoms with Crippen molar-refractivity contribution in [2.75, 3.05) is 18.0 Å². The number of benzene rings is 1. The van der Waals surface area contributed by atoms with Crippen molar-refractivity contribution in [1.29, 1.82) is 0 Å². The summed E-state index contributed by atoms with van der Waals surface area (Å²) in [5.74, 6) is 5.48. The van der Waals surface area contributed by atoms with Crippen LogP contribution in [0.25, 0.3) is 5.76 Å². The fourth-order valence-electron chi connectivity index (χ4n) is 1.72. The second-order valence-corrected chi connectivity index (χ2v) is 7.49. The van der Waals surface area contributed by atoms with Gasteiger partial charge >= 0.3 is 0 Å². The van der Waals surface area contributed by atoms with Crippen molar-refractivity contribution in [3.63, 3.8) is 0 Å². The van der Waals surface area contributed by atoms with Crippen molar-refractivity contribution < 1.29 is 18.0 Å². The minimum atomic E-state index is -3.60. The SMILES string of the molecule is CN1c2ccc(C#CCOPI)cc2C(O)=CS1(=O)=O. The van der Waals surface area contributed by atoms with Crippen LogP contribution in [-0.4, -0.2) is 27.2 Å². The molecule has 0 bridgehead atoms. The molecule has 0 radical (unpaired) electrons. The molecule has 1 aliphatic heterocycles. The van der Waals surface area contributed by atoms with E-state index in [1.54, 1.807) is 18.2 Å². The van der Waals surface area contributed by atoms with Gasteiger partial charge in [-0.1, -0.05) is 11.8 Å². The highest BCUT2D eigenvalue weighted by Crippen LogP contribution is 2.33. The predicted molar refractivity (Wildman–Crippen MR) is 89.5 cm³/mol. The molecule has 1 N–H and O–H groups in total. The molecule has 1 aromatic carbocycles. The molecular weight excluding hydrogens is 412 g/mol. The second-order valence-electron chi connectivity index (χ2n) is 3.92. The standard InChI is InChI=1S/C12H11INO4PS/c1-14-11-5-4-9(3-2-6-18-19-13)7-10(11)12(15)8-20(14,16)17/h4-5,7-8,15,19H,6H2,1H3. The summed E-state index contributed by atoms with van der Waals surface area (Å²) >= 11 is 2.11. The van der Waals surface area contributed by atoms with E-state index in [1.165, 1.54) is 7.05 Å². The van der Waals surface area contributed by atoms with Crippen LogP contribution < -0.4 is 4.31 Å². The van der Waals surface area contributed by atoms with E-state index in [0.29, 0.717) is 29.9 Å². The summed E-state index contributed by atoms with van der Waals surface area (Å²) in [6, 6.07) is 5.00. The smallest absolute Gasteiger partial charge is 0.260 e. The maximum absolute atomic E-state index is 11.7. The number of hydrogen-bond acceptors (Lipinski definition) is 4. The first-order valence-electron chi connectivity index (χ1n) is 5.46. The van der Waals surface area contributed by atoms with E-state index in [-0.39, 0.29) is 5.76 Å². The van der Waals surface area contributed by atoms with Crippen molar-refractivity contribution in [2.45, 2.75) is 0 Å². The summed E-state index contributed by atoms with van der Waals surface area (Å²) in [5, 5.41) is 10.7. The summed E-state index contributed by atoms with van der Waals surface area (Å²) in [5.41, 5.74) is 1.57. The number of aliphatic hydroxyl groups is 1. The number of aliphatic hydroxyl groups excluding tert-OH is 1. The van der Waals surface area contributed by atoms with E-state index in [0.717, 1.165) is 9.71 Å². The van der Waals surface area contributed by atoms with Crippen LogP contribution in [0.1, 0.15) is 11.1 Å². The van der Waals surface area contributed by atoms with Gasteiger partial charge in [0.2, 0.25) is 0 Å². The highest BCUT2D eigenvalue weighted by molar-refractivity contribution is 14.2. The van der Waals surface area contributed by atoms with Crippen LogP contribution in [-0.2, 0) is 14.5 Å². The largest absolute Gasteiger partial charge is 0.506 e. The third kappa shape index (κ3) is 3.26. The lowest BCUT2D eigenvalue weighted by molar-refractivity contribution is 0.434. The van der Waals surface area contributed by atoms with Gasteiger partial charge in [0.25, 0.3) is 10.0 Å². The van der Waals surface area contributed by atoms with Crippen molar-refractivity contribution in [3.05, 3.63) is 34.7 Å². The molecule has 1 aromatic rings. The fraction of sp³-hybridized carbons (Fsp3) is 0.167. The molecule has 2 rings (SSSR count).